The molecule has 6 heteroatoms. The zero-order valence-electron chi connectivity index (χ0n) is 15.2. The SMILES string of the molecule is Cc1cc(-c2cc(Cc3ccc4c(c3)NC(=O)C4)nn2C)ccc1C(N)=O. The number of anilines is 1. The molecule has 136 valence electrons. The number of aromatic nitrogens is 2. The molecule has 0 saturated carbocycles. The van der Waals surface area contributed by atoms with Crippen molar-refractivity contribution in [2.24, 2.45) is 12.8 Å². The molecular weight excluding hydrogens is 340 g/mol. The molecule has 2 aromatic carbocycles. The lowest BCUT2D eigenvalue weighted by molar-refractivity contribution is -0.115. The molecule has 27 heavy (non-hydrogen) atoms. The third-order valence-corrected chi connectivity index (χ3v) is 4.90. The fourth-order valence-electron chi connectivity index (χ4n) is 3.56. The number of primary amides is 1. The van der Waals surface area contributed by atoms with E-state index in [0.717, 1.165) is 39.3 Å². The minimum Gasteiger partial charge on any atom is -0.366 e. The van der Waals surface area contributed by atoms with Gasteiger partial charge in [0.2, 0.25) is 11.8 Å². The van der Waals surface area contributed by atoms with E-state index in [1.165, 1.54) is 0 Å². The summed E-state index contributed by atoms with van der Waals surface area (Å²) < 4.78 is 1.84. The molecule has 3 N–H and O–H groups in total. The molecule has 0 spiro atoms. The minimum atomic E-state index is -0.423. The summed E-state index contributed by atoms with van der Waals surface area (Å²) in [6.45, 7) is 1.87. The smallest absolute Gasteiger partial charge is 0.248 e. The van der Waals surface area contributed by atoms with Crippen LogP contribution in [0.4, 0.5) is 5.69 Å². The van der Waals surface area contributed by atoms with Crippen LogP contribution < -0.4 is 11.1 Å². The highest BCUT2D eigenvalue weighted by Crippen LogP contribution is 2.27. The first-order chi connectivity index (χ1) is 12.9. The van der Waals surface area contributed by atoms with E-state index < -0.39 is 5.91 Å². The normalized spacial score (nSPS) is 12.7. The number of nitrogens with one attached hydrogen (secondary N) is 1. The summed E-state index contributed by atoms with van der Waals surface area (Å²) in [6, 6.07) is 13.7. The highest BCUT2D eigenvalue weighted by molar-refractivity contribution is 5.99. The maximum atomic E-state index is 11.5. The highest BCUT2D eigenvalue weighted by atomic mass is 16.2. The fraction of sp³-hybridized carbons (Fsp3) is 0.190. The van der Waals surface area contributed by atoms with Crippen LogP contribution in [0.2, 0.25) is 0 Å². The second-order valence-electron chi connectivity index (χ2n) is 6.93. The Kier molecular flexibility index (Phi) is 4.03. The minimum absolute atomic E-state index is 0.0389. The van der Waals surface area contributed by atoms with Gasteiger partial charge in [-0.25, -0.2) is 0 Å². The van der Waals surface area contributed by atoms with Crippen molar-refractivity contribution in [2.75, 3.05) is 5.32 Å². The van der Waals surface area contributed by atoms with Gasteiger partial charge < -0.3 is 11.1 Å². The molecule has 1 aromatic heterocycles. The molecule has 0 unspecified atom stereocenters. The molecule has 6 nitrogen and oxygen atoms in total. The summed E-state index contributed by atoms with van der Waals surface area (Å²) in [6.07, 6.45) is 1.12. The van der Waals surface area contributed by atoms with Crippen molar-refractivity contribution >= 4 is 17.5 Å². The largest absolute Gasteiger partial charge is 0.366 e. The van der Waals surface area contributed by atoms with Crippen LogP contribution in [0, 0.1) is 6.92 Å². The first kappa shape index (κ1) is 17.0. The summed E-state index contributed by atoms with van der Waals surface area (Å²) >= 11 is 0. The topological polar surface area (TPSA) is 90.0 Å². The van der Waals surface area contributed by atoms with Crippen LogP contribution >= 0.6 is 0 Å². The number of amides is 2. The Morgan fingerprint density at radius 3 is 2.78 bits per heavy atom. The summed E-state index contributed by atoms with van der Waals surface area (Å²) in [5.41, 5.74) is 12.7. The molecule has 0 aliphatic carbocycles. The fourth-order valence-corrected chi connectivity index (χ4v) is 3.56. The zero-order valence-corrected chi connectivity index (χ0v) is 15.2. The van der Waals surface area contributed by atoms with Crippen molar-refractivity contribution in [1.29, 1.82) is 0 Å². The average Bonchev–Trinajstić information content (AvgIpc) is 3.15. The van der Waals surface area contributed by atoms with Gasteiger partial charge in [0.05, 0.1) is 17.8 Å². The maximum Gasteiger partial charge on any atom is 0.248 e. The molecule has 0 fully saturated rings. The third kappa shape index (κ3) is 3.21. The lowest BCUT2D eigenvalue weighted by Gasteiger charge is -2.06. The van der Waals surface area contributed by atoms with Gasteiger partial charge >= 0.3 is 0 Å². The summed E-state index contributed by atoms with van der Waals surface area (Å²) in [4.78, 5) is 22.9. The molecule has 0 atom stereocenters. The number of rotatable bonds is 4. The Morgan fingerprint density at radius 2 is 2.04 bits per heavy atom. The monoisotopic (exact) mass is 360 g/mol. The van der Waals surface area contributed by atoms with Crippen molar-refractivity contribution in [1.82, 2.24) is 9.78 Å². The van der Waals surface area contributed by atoms with E-state index in [-0.39, 0.29) is 5.91 Å². The lowest BCUT2D eigenvalue weighted by atomic mass is 10.0. The Balaban J connectivity index is 1.61. The Bertz CT molecular complexity index is 1080. The van der Waals surface area contributed by atoms with E-state index in [1.54, 1.807) is 6.07 Å². The van der Waals surface area contributed by atoms with E-state index in [4.69, 9.17) is 5.73 Å². The van der Waals surface area contributed by atoms with Crippen LogP contribution in [0.1, 0.15) is 32.7 Å². The number of fused-ring (bicyclic) bond motifs is 1. The predicted molar refractivity (Wildman–Crippen MR) is 103 cm³/mol. The number of benzene rings is 2. The molecule has 2 heterocycles. The number of nitrogens with zero attached hydrogens (tertiary/aromatic N) is 2. The van der Waals surface area contributed by atoms with Crippen LogP contribution in [0.3, 0.4) is 0 Å². The quantitative estimate of drug-likeness (QED) is 0.749. The number of carbonyl (C=O) groups is 2. The van der Waals surface area contributed by atoms with E-state index in [9.17, 15) is 9.59 Å². The van der Waals surface area contributed by atoms with Crippen LogP contribution in [-0.4, -0.2) is 21.6 Å². The number of hydrogen-bond acceptors (Lipinski definition) is 3. The van der Waals surface area contributed by atoms with Gasteiger partial charge in [-0.3, -0.25) is 14.3 Å². The number of aryl methyl sites for hydroxylation is 2. The molecule has 2 amide bonds. The predicted octanol–water partition coefficient (Wildman–Crippen LogP) is 2.58. The zero-order chi connectivity index (χ0) is 19.1. The average molecular weight is 360 g/mol. The molecule has 4 rings (SSSR count). The summed E-state index contributed by atoms with van der Waals surface area (Å²) in [7, 11) is 1.90. The van der Waals surface area contributed by atoms with Gasteiger partial charge in [0.15, 0.2) is 0 Å². The van der Waals surface area contributed by atoms with Crippen LogP contribution in [0.25, 0.3) is 11.3 Å². The van der Waals surface area contributed by atoms with Crippen molar-refractivity contribution in [3.8, 4) is 11.3 Å². The molecule has 0 radical (unpaired) electrons. The van der Waals surface area contributed by atoms with E-state index >= 15 is 0 Å². The van der Waals surface area contributed by atoms with Gasteiger partial charge in [0.1, 0.15) is 0 Å². The molecule has 1 aliphatic rings. The molecular formula is C21H20N4O2. The standard InChI is InChI=1S/C21H20N4O2/c1-12-7-15(5-6-17(12)21(22)27)19-11-16(24-25(19)2)8-13-3-4-14-10-20(26)23-18(14)9-13/h3-7,9,11H,8,10H2,1-2H3,(H2,22,27)(H,23,26). The van der Waals surface area contributed by atoms with Crippen LogP contribution in [-0.2, 0) is 24.7 Å². The first-order valence-electron chi connectivity index (χ1n) is 8.76. The molecule has 1 aliphatic heterocycles. The lowest BCUT2D eigenvalue weighted by Crippen LogP contribution is -2.12. The van der Waals surface area contributed by atoms with Crippen LogP contribution in [0.5, 0.6) is 0 Å². The van der Waals surface area contributed by atoms with Gasteiger partial charge in [-0.2, -0.15) is 5.10 Å². The third-order valence-electron chi connectivity index (χ3n) is 4.90. The maximum absolute atomic E-state index is 11.5. The number of carbonyl (C=O) groups excluding carboxylic acids is 2. The van der Waals surface area contributed by atoms with Gasteiger partial charge in [0, 0.05) is 30.3 Å². The molecule has 3 aromatic rings. The first-order valence-corrected chi connectivity index (χ1v) is 8.76. The number of nitrogens with two attached hydrogens (primary N) is 1. The highest BCUT2D eigenvalue weighted by Gasteiger charge is 2.18. The van der Waals surface area contributed by atoms with Gasteiger partial charge in [-0.15, -0.1) is 0 Å². The Hall–Kier alpha value is -3.41. The van der Waals surface area contributed by atoms with E-state index in [2.05, 4.69) is 10.4 Å². The molecule has 0 bridgehead atoms. The Morgan fingerprint density at radius 1 is 1.22 bits per heavy atom. The summed E-state index contributed by atoms with van der Waals surface area (Å²) in [5, 5.41) is 7.50. The van der Waals surface area contributed by atoms with Crippen molar-refractivity contribution in [3.05, 3.63) is 70.4 Å². The molecule has 0 saturated heterocycles. The van der Waals surface area contributed by atoms with Crippen molar-refractivity contribution in [2.45, 2.75) is 19.8 Å². The van der Waals surface area contributed by atoms with Crippen molar-refractivity contribution < 1.29 is 9.59 Å². The van der Waals surface area contributed by atoms with Gasteiger partial charge in [-0.05, 0) is 47.9 Å². The van der Waals surface area contributed by atoms with E-state index in [0.29, 0.717) is 18.4 Å². The number of hydrogen-bond donors (Lipinski definition) is 2. The second kappa shape index (κ2) is 6.39. The van der Waals surface area contributed by atoms with Gasteiger partial charge in [0.25, 0.3) is 0 Å². The second-order valence-corrected chi connectivity index (χ2v) is 6.93. The summed E-state index contributed by atoms with van der Waals surface area (Å²) in [5.74, 6) is -0.384. The Labute approximate surface area is 157 Å². The van der Waals surface area contributed by atoms with Crippen molar-refractivity contribution in [3.63, 3.8) is 0 Å². The van der Waals surface area contributed by atoms with Gasteiger partial charge in [-0.1, -0.05) is 18.2 Å². The van der Waals surface area contributed by atoms with E-state index in [1.807, 2.05) is 55.1 Å². The van der Waals surface area contributed by atoms with Crippen LogP contribution in [0.15, 0.2) is 42.5 Å².